The maximum atomic E-state index is 13.4. The zero-order chi connectivity index (χ0) is 24.7. The number of nitrogens with zero attached hydrogens (tertiary/aromatic N) is 4. The topological polar surface area (TPSA) is 60.3 Å². The molecule has 3 aromatic rings. The molecule has 2 aliphatic rings. The second kappa shape index (κ2) is 9.37. The van der Waals surface area contributed by atoms with E-state index in [1.807, 2.05) is 19.2 Å². The highest BCUT2D eigenvalue weighted by molar-refractivity contribution is 6.11. The number of carbonyl (C=O) groups is 1. The summed E-state index contributed by atoms with van der Waals surface area (Å²) in [6.45, 7) is 8.19. The van der Waals surface area contributed by atoms with Crippen molar-refractivity contribution in [3.05, 3.63) is 41.0 Å². The molecule has 182 valence electrons. The van der Waals surface area contributed by atoms with Crippen LogP contribution in [-0.2, 0) is 11.8 Å². The van der Waals surface area contributed by atoms with Gasteiger partial charge in [0, 0.05) is 7.05 Å². The Balaban J connectivity index is 1.60. The number of hydrogen-bond acceptors (Lipinski definition) is 4. The molecule has 1 aromatic carbocycles. The predicted molar refractivity (Wildman–Crippen MR) is 139 cm³/mol. The van der Waals surface area contributed by atoms with Crippen molar-refractivity contribution in [2.24, 2.45) is 13.0 Å². The number of pyridine rings is 1. The van der Waals surface area contributed by atoms with Crippen LogP contribution < -0.4 is 9.64 Å². The van der Waals surface area contributed by atoms with E-state index in [1.54, 1.807) is 16.5 Å². The van der Waals surface area contributed by atoms with Crippen molar-refractivity contribution < 1.29 is 9.53 Å². The van der Waals surface area contributed by atoms with E-state index in [0.717, 1.165) is 48.4 Å². The predicted octanol–water partition coefficient (Wildman–Crippen LogP) is 6.11. The molecule has 5 rings (SSSR count). The van der Waals surface area contributed by atoms with Crippen molar-refractivity contribution in [1.29, 1.82) is 0 Å². The number of fused-ring (bicyclic) bond motifs is 1. The summed E-state index contributed by atoms with van der Waals surface area (Å²) in [5, 5.41) is 4.64. The van der Waals surface area contributed by atoms with Gasteiger partial charge >= 0.3 is 5.91 Å². The molecule has 6 nitrogen and oxygen atoms in total. The van der Waals surface area contributed by atoms with E-state index in [4.69, 9.17) is 9.72 Å². The molecule has 2 aliphatic carbocycles. The third-order valence-electron chi connectivity index (χ3n) is 7.46. The van der Waals surface area contributed by atoms with Gasteiger partial charge in [0.2, 0.25) is 0 Å². The van der Waals surface area contributed by atoms with Gasteiger partial charge in [-0.1, -0.05) is 18.9 Å². The van der Waals surface area contributed by atoms with E-state index in [0.29, 0.717) is 23.1 Å². The van der Waals surface area contributed by atoms with Crippen molar-refractivity contribution in [2.45, 2.75) is 78.2 Å². The molecule has 0 atom stereocenters. The molecule has 0 unspecified atom stereocenters. The molecule has 2 fully saturated rings. The van der Waals surface area contributed by atoms with Crippen LogP contribution in [0.2, 0.25) is 0 Å². The zero-order valence-electron chi connectivity index (χ0n) is 21.4. The van der Waals surface area contributed by atoms with E-state index in [9.17, 15) is 4.79 Å². The third kappa shape index (κ3) is 4.65. The Kier molecular flexibility index (Phi) is 6.27. The van der Waals surface area contributed by atoms with Gasteiger partial charge in [-0.3, -0.25) is 14.4 Å². The smallest absolute Gasteiger partial charge is 0.308 e. The van der Waals surface area contributed by atoms with Gasteiger partial charge in [0.25, 0.3) is 5.88 Å². The Morgan fingerprint density at radius 3 is 2.49 bits per heavy atom. The van der Waals surface area contributed by atoms with Gasteiger partial charge in [-0.05, 0) is 112 Å². The van der Waals surface area contributed by atoms with Crippen molar-refractivity contribution in [3.8, 4) is 17.7 Å². The zero-order valence-corrected chi connectivity index (χ0v) is 21.4. The number of ether oxygens (including phenoxy) is 1. The SMILES string of the molecule is CC#CC(=O)N(c1ccc2c(n1)c(OC1CCC(C)CC1)nn2C)c1cc(C)c(C)cc1C1CC1. The molecular formula is C29H34N4O2. The largest absolute Gasteiger partial charge is 0.472 e. The van der Waals surface area contributed by atoms with Gasteiger partial charge in [-0.2, -0.15) is 0 Å². The molecule has 0 radical (unpaired) electrons. The maximum absolute atomic E-state index is 13.4. The number of carbonyl (C=O) groups excluding carboxylic acids is 1. The molecule has 0 saturated heterocycles. The molecule has 2 heterocycles. The average Bonchev–Trinajstić information content (AvgIpc) is 3.63. The highest BCUT2D eigenvalue weighted by atomic mass is 16.5. The number of anilines is 2. The van der Waals surface area contributed by atoms with Crippen molar-refractivity contribution >= 4 is 28.4 Å². The number of aryl methyl sites for hydroxylation is 3. The summed E-state index contributed by atoms with van der Waals surface area (Å²) in [5.74, 6) is 7.56. The lowest BCUT2D eigenvalue weighted by molar-refractivity contribution is -0.112. The molecule has 2 saturated carbocycles. The number of hydrogen-bond donors (Lipinski definition) is 0. The van der Waals surface area contributed by atoms with Crippen LogP contribution in [0.15, 0.2) is 24.3 Å². The second-order valence-electron chi connectivity index (χ2n) is 10.3. The first-order valence-electron chi connectivity index (χ1n) is 12.7. The third-order valence-corrected chi connectivity index (χ3v) is 7.46. The maximum Gasteiger partial charge on any atom is 0.308 e. The number of rotatable bonds is 5. The first-order chi connectivity index (χ1) is 16.9. The number of amides is 1. The van der Waals surface area contributed by atoms with E-state index >= 15 is 0 Å². The van der Waals surface area contributed by atoms with E-state index in [2.05, 4.69) is 49.8 Å². The minimum atomic E-state index is -0.280. The van der Waals surface area contributed by atoms with Gasteiger partial charge in [-0.15, -0.1) is 5.10 Å². The fourth-order valence-corrected chi connectivity index (χ4v) is 5.04. The lowest BCUT2D eigenvalue weighted by atomic mass is 9.89. The molecular weight excluding hydrogens is 436 g/mol. The number of benzene rings is 1. The summed E-state index contributed by atoms with van der Waals surface area (Å²) in [6.07, 6.45) is 6.84. The first-order valence-corrected chi connectivity index (χ1v) is 12.7. The Bertz CT molecular complexity index is 1330. The van der Waals surface area contributed by atoms with Gasteiger partial charge < -0.3 is 4.74 Å². The quantitative estimate of drug-likeness (QED) is 0.422. The van der Waals surface area contributed by atoms with Gasteiger partial charge in [-0.25, -0.2) is 4.98 Å². The summed E-state index contributed by atoms with van der Waals surface area (Å²) < 4.78 is 8.17. The average molecular weight is 471 g/mol. The summed E-state index contributed by atoms with van der Waals surface area (Å²) in [4.78, 5) is 20.0. The van der Waals surface area contributed by atoms with Crippen LogP contribution >= 0.6 is 0 Å². The monoisotopic (exact) mass is 470 g/mol. The summed E-state index contributed by atoms with van der Waals surface area (Å²) in [7, 11) is 1.90. The van der Waals surface area contributed by atoms with Crippen molar-refractivity contribution in [3.63, 3.8) is 0 Å². The molecule has 0 bridgehead atoms. The van der Waals surface area contributed by atoms with E-state index in [-0.39, 0.29) is 12.0 Å². The van der Waals surface area contributed by atoms with Crippen LogP contribution in [-0.4, -0.2) is 26.8 Å². The summed E-state index contributed by atoms with van der Waals surface area (Å²) >= 11 is 0. The summed E-state index contributed by atoms with van der Waals surface area (Å²) in [5.41, 5.74) is 6.01. The standard InChI is InChI=1S/C29H34N4O2/c1-6-7-27(34)33(25-17-20(4)19(3)16-23(25)21-10-11-21)26-15-14-24-28(30-26)29(31-32(24)5)35-22-12-8-18(2)9-13-22/h14-18,21-22H,8-13H2,1-5H3. The van der Waals surface area contributed by atoms with Gasteiger partial charge in [0.05, 0.1) is 11.2 Å². The molecule has 0 spiro atoms. The minimum absolute atomic E-state index is 0.152. The fraction of sp³-hybridized carbons (Fsp3) is 0.483. The number of aromatic nitrogens is 3. The van der Waals surface area contributed by atoms with Gasteiger partial charge in [0.1, 0.15) is 11.9 Å². The van der Waals surface area contributed by atoms with Crippen molar-refractivity contribution in [2.75, 3.05) is 4.90 Å². The first kappa shape index (κ1) is 23.4. The van der Waals surface area contributed by atoms with Crippen molar-refractivity contribution in [1.82, 2.24) is 14.8 Å². The van der Waals surface area contributed by atoms with Gasteiger partial charge in [0.15, 0.2) is 5.52 Å². The van der Waals surface area contributed by atoms with Crippen LogP contribution in [0.25, 0.3) is 11.0 Å². The van der Waals surface area contributed by atoms with E-state index in [1.165, 1.54) is 24.0 Å². The molecule has 6 heteroatoms. The second-order valence-corrected chi connectivity index (χ2v) is 10.3. The Morgan fingerprint density at radius 1 is 1.09 bits per heavy atom. The molecule has 0 aliphatic heterocycles. The van der Waals surface area contributed by atoms with Crippen LogP contribution in [0.3, 0.4) is 0 Å². The van der Waals surface area contributed by atoms with E-state index < -0.39 is 0 Å². The molecule has 35 heavy (non-hydrogen) atoms. The fourth-order valence-electron chi connectivity index (χ4n) is 5.04. The highest BCUT2D eigenvalue weighted by Gasteiger charge is 2.31. The molecule has 0 N–H and O–H groups in total. The lowest BCUT2D eigenvalue weighted by Crippen LogP contribution is -2.26. The molecule has 2 aromatic heterocycles. The highest BCUT2D eigenvalue weighted by Crippen LogP contribution is 2.46. The normalized spacial score (nSPS) is 19.8. The van der Waals surface area contributed by atoms with Crippen LogP contribution in [0, 0.1) is 31.6 Å². The Morgan fingerprint density at radius 2 is 1.80 bits per heavy atom. The summed E-state index contributed by atoms with van der Waals surface area (Å²) in [6, 6.07) is 8.19. The van der Waals surface area contributed by atoms with Crippen LogP contribution in [0.1, 0.15) is 75.0 Å². The Labute approximate surface area is 207 Å². The Hall–Kier alpha value is -3.33. The van der Waals surface area contributed by atoms with Crippen LogP contribution in [0.4, 0.5) is 11.5 Å². The molecule has 1 amide bonds. The lowest BCUT2D eigenvalue weighted by Gasteiger charge is -2.26. The van der Waals surface area contributed by atoms with Crippen LogP contribution in [0.5, 0.6) is 5.88 Å². The minimum Gasteiger partial charge on any atom is -0.472 e.